The van der Waals surface area contributed by atoms with Crippen molar-refractivity contribution in [2.75, 3.05) is 13.6 Å². The summed E-state index contributed by atoms with van der Waals surface area (Å²) in [6.07, 6.45) is 0.942. The van der Waals surface area contributed by atoms with Crippen molar-refractivity contribution >= 4 is 29.9 Å². The Morgan fingerprint density at radius 3 is 2.17 bits per heavy atom. The van der Waals surface area contributed by atoms with E-state index < -0.39 is 0 Å². The summed E-state index contributed by atoms with van der Waals surface area (Å²) >= 11 is 0. The van der Waals surface area contributed by atoms with Gasteiger partial charge in [-0.2, -0.15) is 0 Å². The fraction of sp³-hybridized carbons (Fsp3) is 0.278. The van der Waals surface area contributed by atoms with E-state index in [1.54, 1.807) is 19.2 Å². The van der Waals surface area contributed by atoms with Gasteiger partial charge >= 0.3 is 0 Å². The van der Waals surface area contributed by atoms with Crippen molar-refractivity contribution in [1.29, 1.82) is 0 Å². The van der Waals surface area contributed by atoms with Gasteiger partial charge in [-0.1, -0.05) is 42.0 Å². The smallest absolute Gasteiger partial charge is 0.191 e. The van der Waals surface area contributed by atoms with E-state index in [0.717, 1.165) is 24.5 Å². The maximum absolute atomic E-state index is 12.8. The van der Waals surface area contributed by atoms with Gasteiger partial charge < -0.3 is 10.6 Å². The first-order valence-corrected chi connectivity index (χ1v) is 7.42. The third-order valence-electron chi connectivity index (χ3n) is 3.42. The number of hydrogen-bond donors (Lipinski definition) is 2. The third kappa shape index (κ3) is 6.99. The van der Waals surface area contributed by atoms with E-state index in [1.165, 1.54) is 23.3 Å². The predicted molar refractivity (Wildman–Crippen MR) is 105 cm³/mol. The lowest BCUT2D eigenvalue weighted by Crippen LogP contribution is -2.37. The third-order valence-corrected chi connectivity index (χ3v) is 3.42. The van der Waals surface area contributed by atoms with Crippen LogP contribution in [-0.2, 0) is 13.0 Å². The Bertz CT molecular complexity index is 609. The molecule has 3 nitrogen and oxygen atoms in total. The summed E-state index contributed by atoms with van der Waals surface area (Å²) in [4.78, 5) is 4.19. The SMILES string of the molecule is CN=C(NCCc1ccc(C)cc1)NCc1ccc(F)cc1.I. The van der Waals surface area contributed by atoms with Crippen molar-refractivity contribution in [3.8, 4) is 0 Å². The number of nitrogens with zero attached hydrogens (tertiary/aromatic N) is 1. The molecular weight excluding hydrogens is 404 g/mol. The summed E-state index contributed by atoms with van der Waals surface area (Å²) < 4.78 is 12.8. The van der Waals surface area contributed by atoms with Crippen LogP contribution in [0.25, 0.3) is 0 Å². The molecule has 0 aromatic heterocycles. The van der Waals surface area contributed by atoms with Crippen LogP contribution in [0.5, 0.6) is 0 Å². The Labute approximate surface area is 154 Å². The molecule has 0 amide bonds. The summed E-state index contributed by atoms with van der Waals surface area (Å²) in [7, 11) is 1.74. The van der Waals surface area contributed by atoms with Crippen molar-refractivity contribution in [1.82, 2.24) is 10.6 Å². The highest BCUT2D eigenvalue weighted by Crippen LogP contribution is 2.03. The van der Waals surface area contributed by atoms with Crippen LogP contribution < -0.4 is 10.6 Å². The number of nitrogens with one attached hydrogen (secondary N) is 2. The van der Waals surface area contributed by atoms with E-state index in [0.29, 0.717) is 6.54 Å². The lowest BCUT2D eigenvalue weighted by Gasteiger charge is -2.12. The molecule has 0 aliphatic heterocycles. The van der Waals surface area contributed by atoms with Crippen LogP contribution in [0, 0.1) is 12.7 Å². The molecule has 0 unspecified atom stereocenters. The van der Waals surface area contributed by atoms with Gasteiger partial charge in [0.15, 0.2) is 5.96 Å². The Hall–Kier alpha value is -1.63. The second kappa shape index (κ2) is 10.2. The van der Waals surface area contributed by atoms with E-state index >= 15 is 0 Å². The second-order valence-corrected chi connectivity index (χ2v) is 5.21. The lowest BCUT2D eigenvalue weighted by atomic mass is 10.1. The first-order chi connectivity index (χ1) is 10.7. The molecule has 0 atom stereocenters. The quantitative estimate of drug-likeness (QED) is 0.434. The zero-order valence-corrected chi connectivity index (χ0v) is 15.8. The fourth-order valence-corrected chi connectivity index (χ4v) is 2.09. The molecule has 124 valence electrons. The molecule has 2 rings (SSSR count). The molecule has 0 spiro atoms. The molecule has 23 heavy (non-hydrogen) atoms. The normalized spacial score (nSPS) is 10.8. The van der Waals surface area contributed by atoms with Gasteiger partial charge in [0.2, 0.25) is 0 Å². The Kier molecular flexibility index (Phi) is 8.61. The van der Waals surface area contributed by atoms with Gasteiger partial charge in [0.25, 0.3) is 0 Å². The first kappa shape index (κ1) is 19.4. The minimum absolute atomic E-state index is 0. The van der Waals surface area contributed by atoms with Crippen LogP contribution in [0.2, 0.25) is 0 Å². The molecule has 2 aromatic rings. The minimum atomic E-state index is -0.218. The van der Waals surface area contributed by atoms with Gasteiger partial charge in [0.05, 0.1) is 0 Å². The maximum atomic E-state index is 12.8. The molecule has 0 aliphatic carbocycles. The maximum Gasteiger partial charge on any atom is 0.191 e. The van der Waals surface area contributed by atoms with Crippen molar-refractivity contribution in [3.63, 3.8) is 0 Å². The average molecular weight is 427 g/mol. The fourth-order valence-electron chi connectivity index (χ4n) is 2.09. The Balaban J connectivity index is 0.00000264. The monoisotopic (exact) mass is 427 g/mol. The zero-order chi connectivity index (χ0) is 15.8. The summed E-state index contributed by atoms with van der Waals surface area (Å²) in [6.45, 7) is 3.51. The molecule has 0 saturated carbocycles. The van der Waals surface area contributed by atoms with Crippen LogP contribution in [0.3, 0.4) is 0 Å². The van der Waals surface area contributed by atoms with Gasteiger partial charge in [-0.3, -0.25) is 4.99 Å². The number of benzene rings is 2. The van der Waals surface area contributed by atoms with Crippen LogP contribution in [0.15, 0.2) is 53.5 Å². The highest BCUT2D eigenvalue weighted by Gasteiger charge is 1.99. The van der Waals surface area contributed by atoms with Gasteiger partial charge in [-0.15, -0.1) is 24.0 Å². The van der Waals surface area contributed by atoms with Gasteiger partial charge in [0, 0.05) is 20.1 Å². The highest BCUT2D eigenvalue weighted by atomic mass is 127. The molecule has 0 radical (unpaired) electrons. The average Bonchev–Trinajstić information content (AvgIpc) is 2.54. The number of aliphatic imine (C=N–C) groups is 1. The lowest BCUT2D eigenvalue weighted by molar-refractivity contribution is 0.626. The molecule has 0 heterocycles. The molecule has 0 saturated heterocycles. The number of rotatable bonds is 5. The highest BCUT2D eigenvalue weighted by molar-refractivity contribution is 14.0. The van der Waals surface area contributed by atoms with E-state index in [4.69, 9.17) is 0 Å². The van der Waals surface area contributed by atoms with E-state index in [1.807, 2.05) is 0 Å². The number of hydrogen-bond acceptors (Lipinski definition) is 1. The van der Waals surface area contributed by atoms with E-state index in [-0.39, 0.29) is 29.8 Å². The molecular formula is C18H23FIN3. The molecule has 0 aliphatic rings. The summed E-state index contributed by atoms with van der Waals surface area (Å²) in [5, 5.41) is 6.50. The molecule has 5 heteroatoms. The van der Waals surface area contributed by atoms with E-state index in [9.17, 15) is 4.39 Å². The van der Waals surface area contributed by atoms with Gasteiger partial charge in [-0.05, 0) is 36.6 Å². The van der Waals surface area contributed by atoms with Crippen molar-refractivity contribution in [2.45, 2.75) is 19.9 Å². The summed E-state index contributed by atoms with van der Waals surface area (Å²) in [6, 6.07) is 15.0. The van der Waals surface area contributed by atoms with E-state index in [2.05, 4.69) is 46.8 Å². The van der Waals surface area contributed by atoms with Crippen molar-refractivity contribution in [2.24, 2.45) is 4.99 Å². The largest absolute Gasteiger partial charge is 0.356 e. The Morgan fingerprint density at radius 1 is 0.957 bits per heavy atom. The number of halogens is 2. The van der Waals surface area contributed by atoms with Gasteiger partial charge in [-0.25, -0.2) is 4.39 Å². The van der Waals surface area contributed by atoms with Gasteiger partial charge in [0.1, 0.15) is 5.82 Å². The predicted octanol–water partition coefficient (Wildman–Crippen LogP) is 3.66. The standard InChI is InChI=1S/C18H22FN3.HI/c1-14-3-5-15(6-4-14)11-12-21-18(20-2)22-13-16-7-9-17(19)10-8-16;/h3-10H,11-13H2,1-2H3,(H2,20,21,22);1H. The van der Waals surface area contributed by atoms with Crippen molar-refractivity contribution in [3.05, 3.63) is 71.0 Å². The minimum Gasteiger partial charge on any atom is -0.356 e. The zero-order valence-electron chi connectivity index (χ0n) is 13.5. The second-order valence-electron chi connectivity index (χ2n) is 5.21. The molecule has 2 aromatic carbocycles. The molecule has 0 fully saturated rings. The summed E-state index contributed by atoms with van der Waals surface area (Å²) in [5.74, 6) is 0.529. The van der Waals surface area contributed by atoms with Crippen LogP contribution in [0.4, 0.5) is 4.39 Å². The number of aryl methyl sites for hydroxylation is 1. The van der Waals surface area contributed by atoms with Crippen LogP contribution >= 0.6 is 24.0 Å². The van der Waals surface area contributed by atoms with Crippen molar-refractivity contribution < 1.29 is 4.39 Å². The molecule has 0 bridgehead atoms. The molecule has 2 N–H and O–H groups in total. The first-order valence-electron chi connectivity index (χ1n) is 7.42. The summed E-state index contributed by atoms with van der Waals surface area (Å²) in [5.41, 5.74) is 3.59. The topological polar surface area (TPSA) is 36.4 Å². The van der Waals surface area contributed by atoms with Crippen LogP contribution in [0.1, 0.15) is 16.7 Å². The van der Waals surface area contributed by atoms with Crippen LogP contribution in [-0.4, -0.2) is 19.6 Å². The number of guanidine groups is 1. The Morgan fingerprint density at radius 2 is 1.57 bits per heavy atom.